The van der Waals surface area contributed by atoms with Crippen molar-refractivity contribution >= 4 is 5.91 Å². The largest absolute Gasteiger partial charge is 0.497 e. The number of benzene rings is 1. The summed E-state index contributed by atoms with van der Waals surface area (Å²) in [4.78, 5) is 10.5. The van der Waals surface area contributed by atoms with E-state index in [4.69, 9.17) is 4.74 Å². The molecule has 1 aromatic carbocycles. The fourth-order valence-electron chi connectivity index (χ4n) is 1.28. The zero-order valence-corrected chi connectivity index (χ0v) is 9.34. The Balaban J connectivity index is 2.87. The van der Waals surface area contributed by atoms with Crippen molar-refractivity contribution in [1.29, 1.82) is 0 Å². The number of carbonyl (C=O) groups excluding carboxylic acids is 1. The van der Waals surface area contributed by atoms with E-state index in [9.17, 15) is 18.0 Å². The summed E-state index contributed by atoms with van der Waals surface area (Å²) in [6, 6.07) is 1.16. The van der Waals surface area contributed by atoms with Gasteiger partial charge in [0.05, 0.1) is 7.11 Å². The van der Waals surface area contributed by atoms with E-state index >= 15 is 0 Å². The Hall–Kier alpha value is -1.72. The Kier molecular flexibility index (Phi) is 3.98. The third-order valence-electron chi connectivity index (χ3n) is 2.07. The highest BCUT2D eigenvalue weighted by molar-refractivity contribution is 5.73. The average molecular weight is 247 g/mol. The maximum atomic E-state index is 13.5. The summed E-state index contributed by atoms with van der Waals surface area (Å²) in [5, 5.41) is 1.27. The molecule has 0 heterocycles. The quantitative estimate of drug-likeness (QED) is 0.830. The molecular weight excluding hydrogens is 235 g/mol. The second kappa shape index (κ2) is 5.07. The molecule has 1 atom stereocenters. The van der Waals surface area contributed by atoms with Crippen molar-refractivity contribution in [2.75, 3.05) is 7.11 Å². The molecule has 0 bridgehead atoms. The molecule has 0 radical (unpaired) electrons. The lowest BCUT2D eigenvalue weighted by atomic mass is 10.1. The SMILES string of the molecule is COc1ccc(C(F)C(F)(F)NC(C)=O)cc1. The molecule has 0 saturated heterocycles. The highest BCUT2D eigenvalue weighted by Crippen LogP contribution is 2.33. The molecule has 0 saturated carbocycles. The topological polar surface area (TPSA) is 38.3 Å². The molecule has 0 aliphatic rings. The fourth-order valence-corrected chi connectivity index (χ4v) is 1.28. The van der Waals surface area contributed by atoms with Crippen LogP contribution in [0.3, 0.4) is 0 Å². The first-order valence-corrected chi connectivity index (χ1v) is 4.81. The monoisotopic (exact) mass is 247 g/mol. The molecule has 17 heavy (non-hydrogen) atoms. The molecule has 1 aromatic rings. The Morgan fingerprint density at radius 3 is 2.29 bits per heavy atom. The van der Waals surface area contributed by atoms with E-state index in [0.717, 1.165) is 6.92 Å². The van der Waals surface area contributed by atoms with Gasteiger partial charge < -0.3 is 4.74 Å². The molecule has 0 aromatic heterocycles. The van der Waals surface area contributed by atoms with Gasteiger partial charge in [-0.1, -0.05) is 12.1 Å². The molecule has 0 aliphatic carbocycles. The number of carbonyl (C=O) groups is 1. The van der Waals surface area contributed by atoms with Gasteiger partial charge in [0, 0.05) is 6.92 Å². The van der Waals surface area contributed by atoms with Gasteiger partial charge in [0.25, 0.3) is 0 Å². The third kappa shape index (κ3) is 3.37. The van der Waals surface area contributed by atoms with E-state index < -0.39 is 18.1 Å². The summed E-state index contributed by atoms with van der Waals surface area (Å²) in [6.45, 7) is 0.897. The summed E-state index contributed by atoms with van der Waals surface area (Å²) in [5.41, 5.74) is -0.232. The second-order valence-electron chi connectivity index (χ2n) is 3.44. The van der Waals surface area contributed by atoms with Crippen LogP contribution >= 0.6 is 0 Å². The summed E-state index contributed by atoms with van der Waals surface area (Å²) in [7, 11) is 1.41. The lowest BCUT2D eigenvalue weighted by Gasteiger charge is -2.21. The van der Waals surface area contributed by atoms with E-state index in [-0.39, 0.29) is 5.56 Å². The van der Waals surface area contributed by atoms with Crippen LogP contribution in [-0.2, 0) is 4.79 Å². The number of hydrogen-bond acceptors (Lipinski definition) is 2. The van der Waals surface area contributed by atoms with Crippen LogP contribution in [0.4, 0.5) is 13.2 Å². The van der Waals surface area contributed by atoms with Crippen molar-refractivity contribution in [3.05, 3.63) is 29.8 Å². The van der Waals surface area contributed by atoms with Gasteiger partial charge >= 0.3 is 6.05 Å². The summed E-state index contributed by atoms with van der Waals surface area (Å²) in [6.07, 6.45) is -2.60. The van der Waals surface area contributed by atoms with E-state index in [1.54, 1.807) is 0 Å². The lowest BCUT2D eigenvalue weighted by molar-refractivity contribution is -0.141. The van der Waals surface area contributed by atoms with Gasteiger partial charge in [-0.25, -0.2) is 4.39 Å². The van der Waals surface area contributed by atoms with Gasteiger partial charge in [0.15, 0.2) is 0 Å². The van der Waals surface area contributed by atoms with E-state index in [0.29, 0.717) is 5.75 Å². The lowest BCUT2D eigenvalue weighted by Crippen LogP contribution is -2.43. The third-order valence-corrected chi connectivity index (χ3v) is 2.07. The first kappa shape index (κ1) is 13.3. The van der Waals surface area contributed by atoms with Crippen LogP contribution in [0.2, 0.25) is 0 Å². The Morgan fingerprint density at radius 2 is 1.88 bits per heavy atom. The molecule has 3 nitrogen and oxygen atoms in total. The van der Waals surface area contributed by atoms with E-state index in [1.807, 2.05) is 0 Å². The van der Waals surface area contributed by atoms with Gasteiger partial charge in [0.1, 0.15) is 5.75 Å². The molecular formula is C11H12F3NO2. The van der Waals surface area contributed by atoms with Crippen LogP contribution in [0.25, 0.3) is 0 Å². The molecule has 0 aliphatic heterocycles. The highest BCUT2D eigenvalue weighted by atomic mass is 19.3. The zero-order chi connectivity index (χ0) is 13.1. The minimum absolute atomic E-state index is 0.232. The number of halogens is 3. The fraction of sp³-hybridized carbons (Fsp3) is 0.364. The summed E-state index contributed by atoms with van der Waals surface area (Å²) < 4.78 is 44.7. The number of nitrogens with one attached hydrogen (secondary N) is 1. The molecule has 1 N–H and O–H groups in total. The predicted molar refractivity (Wildman–Crippen MR) is 55.6 cm³/mol. The minimum atomic E-state index is -3.93. The second-order valence-corrected chi connectivity index (χ2v) is 3.44. The molecule has 94 valence electrons. The van der Waals surface area contributed by atoms with Gasteiger partial charge in [0.2, 0.25) is 12.1 Å². The number of hydrogen-bond donors (Lipinski definition) is 1. The van der Waals surface area contributed by atoms with E-state index in [2.05, 4.69) is 0 Å². The molecule has 1 amide bonds. The minimum Gasteiger partial charge on any atom is -0.497 e. The van der Waals surface area contributed by atoms with Crippen molar-refractivity contribution in [3.8, 4) is 5.75 Å². The molecule has 0 spiro atoms. The number of rotatable bonds is 4. The summed E-state index contributed by atoms with van der Waals surface area (Å²) >= 11 is 0. The number of alkyl halides is 3. The molecule has 1 unspecified atom stereocenters. The predicted octanol–water partition coefficient (Wildman–Crippen LogP) is 2.43. The first-order chi connectivity index (χ1) is 7.86. The molecule has 1 rings (SSSR count). The maximum Gasteiger partial charge on any atom is 0.360 e. The van der Waals surface area contributed by atoms with Gasteiger partial charge in [-0.3, -0.25) is 10.1 Å². The van der Waals surface area contributed by atoms with Crippen LogP contribution < -0.4 is 10.1 Å². The van der Waals surface area contributed by atoms with Crippen molar-refractivity contribution in [2.24, 2.45) is 0 Å². The Morgan fingerprint density at radius 1 is 1.35 bits per heavy atom. The standard InChI is InChI=1S/C11H12F3NO2/c1-7(16)15-11(13,14)10(12)8-3-5-9(17-2)6-4-8/h3-6,10H,1-2H3,(H,15,16). The van der Waals surface area contributed by atoms with Crippen LogP contribution in [0, 0.1) is 0 Å². The van der Waals surface area contributed by atoms with Crippen LogP contribution in [0.1, 0.15) is 18.7 Å². The van der Waals surface area contributed by atoms with Gasteiger partial charge in [-0.05, 0) is 17.7 Å². The molecule has 6 heteroatoms. The Labute approximate surface area is 96.6 Å². The first-order valence-electron chi connectivity index (χ1n) is 4.81. The van der Waals surface area contributed by atoms with Crippen molar-refractivity contribution in [1.82, 2.24) is 5.32 Å². The van der Waals surface area contributed by atoms with Gasteiger partial charge in [-0.15, -0.1) is 0 Å². The van der Waals surface area contributed by atoms with Crippen LogP contribution in [0.5, 0.6) is 5.75 Å². The number of amides is 1. The average Bonchev–Trinajstić information content (AvgIpc) is 2.26. The van der Waals surface area contributed by atoms with Crippen molar-refractivity contribution < 1.29 is 22.7 Å². The van der Waals surface area contributed by atoms with Gasteiger partial charge in [-0.2, -0.15) is 8.78 Å². The van der Waals surface area contributed by atoms with Crippen LogP contribution in [0.15, 0.2) is 24.3 Å². The smallest absolute Gasteiger partial charge is 0.360 e. The van der Waals surface area contributed by atoms with Crippen LogP contribution in [-0.4, -0.2) is 19.1 Å². The van der Waals surface area contributed by atoms with Crippen molar-refractivity contribution in [3.63, 3.8) is 0 Å². The normalized spacial score (nSPS) is 13.0. The maximum absolute atomic E-state index is 13.5. The highest BCUT2D eigenvalue weighted by Gasteiger charge is 2.42. The number of methoxy groups -OCH3 is 1. The number of ether oxygens (including phenoxy) is 1. The van der Waals surface area contributed by atoms with Crippen molar-refractivity contribution in [2.45, 2.75) is 19.1 Å². The molecule has 0 fully saturated rings. The Bertz CT molecular complexity index is 392. The zero-order valence-electron chi connectivity index (χ0n) is 9.34. The summed E-state index contributed by atoms with van der Waals surface area (Å²) in [5.74, 6) is -0.560. The van der Waals surface area contributed by atoms with E-state index in [1.165, 1.54) is 36.7 Å².